The van der Waals surface area contributed by atoms with Gasteiger partial charge in [-0.1, -0.05) is 0 Å². The van der Waals surface area contributed by atoms with Crippen LogP contribution in [0.5, 0.6) is 0 Å². The second-order valence-electron chi connectivity index (χ2n) is 4.09. The van der Waals surface area contributed by atoms with Gasteiger partial charge < -0.3 is 14.1 Å². The normalized spacial score (nSPS) is 10.5. The second-order valence-corrected chi connectivity index (χ2v) is 4.93. The maximum Gasteiger partial charge on any atom is 0.357 e. The van der Waals surface area contributed by atoms with Crippen LogP contribution in [0.3, 0.4) is 0 Å². The number of carbonyl (C=O) groups is 1. The largest absolute Gasteiger partial charge is 0.469 e. The molecule has 0 aliphatic rings. The number of aryl methyl sites for hydroxylation is 1. The molecule has 2 aromatic heterocycles. The van der Waals surface area contributed by atoms with Crippen molar-refractivity contribution in [2.45, 2.75) is 20.4 Å². The van der Waals surface area contributed by atoms with Gasteiger partial charge in [-0.05, 0) is 19.9 Å². The number of nitrogens with zero attached hydrogens (tertiary/aromatic N) is 2. The molecule has 0 aliphatic heterocycles. The van der Waals surface area contributed by atoms with E-state index in [4.69, 9.17) is 9.15 Å². The predicted octanol–water partition coefficient (Wildman–Crippen LogP) is 2.86. The molecule has 2 heterocycles. The van der Waals surface area contributed by atoms with Crippen LogP contribution >= 0.6 is 11.3 Å². The number of aromatic nitrogens is 1. The molecular formula is C13H16N2O3S. The van der Waals surface area contributed by atoms with Crippen molar-refractivity contribution < 1.29 is 13.9 Å². The lowest BCUT2D eigenvalue weighted by molar-refractivity contribution is 0.0520. The third kappa shape index (κ3) is 3.14. The summed E-state index contributed by atoms with van der Waals surface area (Å²) < 4.78 is 10.2. The van der Waals surface area contributed by atoms with E-state index in [0.29, 0.717) is 18.8 Å². The Labute approximate surface area is 115 Å². The SMILES string of the molecule is CCOC(=O)c1csc(N(C)Cc2ccoc2C)n1. The molecule has 0 fully saturated rings. The van der Waals surface area contributed by atoms with Gasteiger partial charge in [-0.25, -0.2) is 9.78 Å². The lowest BCUT2D eigenvalue weighted by Crippen LogP contribution is -2.16. The fourth-order valence-corrected chi connectivity index (χ4v) is 2.40. The Morgan fingerprint density at radius 3 is 3.00 bits per heavy atom. The molecule has 0 bridgehead atoms. The fourth-order valence-electron chi connectivity index (χ4n) is 1.64. The summed E-state index contributed by atoms with van der Waals surface area (Å²) >= 11 is 1.42. The minimum atomic E-state index is -0.377. The molecule has 0 unspecified atom stereocenters. The van der Waals surface area contributed by atoms with Crippen molar-refractivity contribution in [2.24, 2.45) is 0 Å². The summed E-state index contributed by atoms with van der Waals surface area (Å²) in [6.45, 7) is 4.75. The predicted molar refractivity (Wildman–Crippen MR) is 73.6 cm³/mol. The van der Waals surface area contributed by atoms with E-state index in [1.165, 1.54) is 11.3 Å². The van der Waals surface area contributed by atoms with Crippen molar-refractivity contribution in [1.29, 1.82) is 0 Å². The minimum absolute atomic E-state index is 0.357. The van der Waals surface area contributed by atoms with Crippen LogP contribution in [0.2, 0.25) is 0 Å². The first-order valence-corrected chi connectivity index (χ1v) is 6.86. The van der Waals surface area contributed by atoms with Gasteiger partial charge in [0.05, 0.1) is 12.9 Å². The Bertz CT molecular complexity index is 562. The highest BCUT2D eigenvalue weighted by Crippen LogP contribution is 2.22. The number of rotatable bonds is 5. The molecule has 0 N–H and O–H groups in total. The molecule has 5 nitrogen and oxygen atoms in total. The van der Waals surface area contributed by atoms with Gasteiger partial charge in [0, 0.05) is 24.5 Å². The summed E-state index contributed by atoms with van der Waals surface area (Å²) in [4.78, 5) is 17.8. The van der Waals surface area contributed by atoms with E-state index in [1.807, 2.05) is 24.9 Å². The first kappa shape index (κ1) is 13.6. The first-order chi connectivity index (χ1) is 9.11. The number of thiazole rings is 1. The van der Waals surface area contributed by atoms with Crippen molar-refractivity contribution in [3.8, 4) is 0 Å². The number of furan rings is 1. The van der Waals surface area contributed by atoms with E-state index < -0.39 is 0 Å². The van der Waals surface area contributed by atoms with Crippen LogP contribution in [-0.4, -0.2) is 24.6 Å². The summed E-state index contributed by atoms with van der Waals surface area (Å²) in [7, 11) is 1.93. The average Bonchev–Trinajstić information content (AvgIpc) is 2.99. The molecule has 0 atom stereocenters. The van der Waals surface area contributed by atoms with Crippen molar-refractivity contribution in [2.75, 3.05) is 18.6 Å². The molecule has 2 aromatic rings. The third-order valence-electron chi connectivity index (χ3n) is 2.68. The van der Waals surface area contributed by atoms with Crippen LogP contribution in [0.25, 0.3) is 0 Å². The Morgan fingerprint density at radius 2 is 2.37 bits per heavy atom. The summed E-state index contributed by atoms with van der Waals surface area (Å²) in [5.41, 5.74) is 1.47. The Kier molecular flexibility index (Phi) is 4.21. The zero-order valence-electron chi connectivity index (χ0n) is 11.2. The number of ether oxygens (including phenoxy) is 1. The van der Waals surface area contributed by atoms with E-state index in [0.717, 1.165) is 16.5 Å². The zero-order valence-corrected chi connectivity index (χ0v) is 12.0. The molecule has 0 aromatic carbocycles. The Morgan fingerprint density at radius 1 is 1.58 bits per heavy atom. The molecule has 0 amide bonds. The monoisotopic (exact) mass is 280 g/mol. The van der Waals surface area contributed by atoms with Crippen LogP contribution in [0, 0.1) is 6.92 Å². The van der Waals surface area contributed by atoms with Gasteiger partial charge >= 0.3 is 5.97 Å². The van der Waals surface area contributed by atoms with Crippen molar-refractivity contribution >= 4 is 22.4 Å². The molecule has 0 saturated heterocycles. The van der Waals surface area contributed by atoms with Crippen molar-refractivity contribution in [3.05, 3.63) is 34.7 Å². The number of hydrogen-bond acceptors (Lipinski definition) is 6. The summed E-state index contributed by atoms with van der Waals surface area (Å²) in [5.74, 6) is 0.520. The lowest BCUT2D eigenvalue weighted by atomic mass is 10.2. The zero-order chi connectivity index (χ0) is 13.8. The number of esters is 1. The smallest absolute Gasteiger partial charge is 0.357 e. The molecular weight excluding hydrogens is 264 g/mol. The molecule has 102 valence electrons. The van der Waals surface area contributed by atoms with E-state index >= 15 is 0 Å². The van der Waals surface area contributed by atoms with E-state index in [9.17, 15) is 4.79 Å². The van der Waals surface area contributed by atoms with Gasteiger partial charge in [-0.15, -0.1) is 11.3 Å². The minimum Gasteiger partial charge on any atom is -0.469 e. The molecule has 19 heavy (non-hydrogen) atoms. The number of anilines is 1. The summed E-state index contributed by atoms with van der Waals surface area (Å²) in [6, 6.07) is 1.94. The molecule has 0 radical (unpaired) electrons. The van der Waals surface area contributed by atoms with Gasteiger partial charge in [0.15, 0.2) is 10.8 Å². The van der Waals surface area contributed by atoms with Crippen LogP contribution < -0.4 is 4.90 Å². The van der Waals surface area contributed by atoms with Gasteiger partial charge in [0.2, 0.25) is 0 Å². The maximum atomic E-state index is 11.5. The average molecular weight is 280 g/mol. The van der Waals surface area contributed by atoms with Crippen molar-refractivity contribution in [3.63, 3.8) is 0 Å². The summed E-state index contributed by atoms with van der Waals surface area (Å²) in [5, 5.41) is 2.50. The maximum absolute atomic E-state index is 11.5. The van der Waals surface area contributed by atoms with Gasteiger partial charge in [-0.2, -0.15) is 0 Å². The quantitative estimate of drug-likeness (QED) is 0.788. The molecule has 0 aliphatic carbocycles. The number of carbonyl (C=O) groups excluding carboxylic acids is 1. The fraction of sp³-hybridized carbons (Fsp3) is 0.385. The number of hydrogen-bond donors (Lipinski definition) is 0. The molecule has 0 saturated carbocycles. The molecule has 2 rings (SSSR count). The Balaban J connectivity index is 2.06. The van der Waals surface area contributed by atoms with Gasteiger partial charge in [0.25, 0.3) is 0 Å². The highest BCUT2D eigenvalue weighted by molar-refractivity contribution is 7.13. The third-order valence-corrected chi connectivity index (χ3v) is 3.63. The van der Waals surface area contributed by atoms with Crippen LogP contribution in [-0.2, 0) is 11.3 Å². The standard InChI is InChI=1S/C13H16N2O3S/c1-4-17-12(16)11-8-19-13(14-11)15(3)7-10-5-6-18-9(10)2/h5-6,8H,4,7H2,1-3H3. The van der Waals surface area contributed by atoms with E-state index in [-0.39, 0.29) is 5.97 Å². The van der Waals surface area contributed by atoms with Gasteiger partial charge in [0.1, 0.15) is 5.76 Å². The molecule has 6 heteroatoms. The summed E-state index contributed by atoms with van der Waals surface area (Å²) in [6.07, 6.45) is 1.67. The second kappa shape index (κ2) is 5.88. The van der Waals surface area contributed by atoms with E-state index in [1.54, 1.807) is 18.6 Å². The topological polar surface area (TPSA) is 55.6 Å². The van der Waals surface area contributed by atoms with E-state index in [2.05, 4.69) is 4.98 Å². The highest BCUT2D eigenvalue weighted by atomic mass is 32.1. The lowest BCUT2D eigenvalue weighted by Gasteiger charge is -2.14. The van der Waals surface area contributed by atoms with Crippen LogP contribution in [0.1, 0.15) is 28.7 Å². The Hall–Kier alpha value is -1.82. The molecule has 0 spiro atoms. The first-order valence-electron chi connectivity index (χ1n) is 5.98. The van der Waals surface area contributed by atoms with Crippen LogP contribution in [0.15, 0.2) is 22.1 Å². The van der Waals surface area contributed by atoms with Gasteiger partial charge in [-0.3, -0.25) is 0 Å². The van der Waals surface area contributed by atoms with Crippen molar-refractivity contribution in [1.82, 2.24) is 4.98 Å². The van der Waals surface area contributed by atoms with Crippen LogP contribution in [0.4, 0.5) is 5.13 Å². The highest BCUT2D eigenvalue weighted by Gasteiger charge is 2.14.